The number of hydrogen-bond acceptors (Lipinski definition) is 5. The molecule has 0 aliphatic carbocycles. The molecule has 0 unspecified atom stereocenters. The average Bonchev–Trinajstić information content (AvgIpc) is 3.08. The van der Waals surface area contributed by atoms with Crippen LogP contribution < -0.4 is 0 Å². The van der Waals surface area contributed by atoms with Crippen molar-refractivity contribution < 1.29 is 13.2 Å². The van der Waals surface area contributed by atoms with Crippen molar-refractivity contribution in [2.45, 2.75) is 36.9 Å². The summed E-state index contributed by atoms with van der Waals surface area (Å²) < 4.78 is 29.0. The molecule has 0 radical (unpaired) electrons. The summed E-state index contributed by atoms with van der Waals surface area (Å²) in [5.41, 5.74) is 2.11. The highest BCUT2D eigenvalue weighted by atomic mass is 32.2. The molecule has 0 amide bonds. The Bertz CT molecular complexity index is 770. The van der Waals surface area contributed by atoms with Crippen LogP contribution in [-0.4, -0.2) is 43.8 Å². The van der Waals surface area contributed by atoms with Crippen LogP contribution in [0.3, 0.4) is 0 Å². The van der Waals surface area contributed by atoms with Crippen LogP contribution in [0.25, 0.3) is 0 Å². The van der Waals surface area contributed by atoms with Gasteiger partial charge in [-0.2, -0.15) is 0 Å². The minimum atomic E-state index is -3.16. The molecule has 5 nitrogen and oxygen atoms in total. The lowest BCUT2D eigenvalue weighted by Gasteiger charge is -2.25. The Morgan fingerprint density at radius 1 is 1.16 bits per heavy atom. The summed E-state index contributed by atoms with van der Waals surface area (Å²) in [5, 5.41) is 0. The van der Waals surface area contributed by atoms with Crippen molar-refractivity contribution in [2.24, 2.45) is 0 Å². The first kappa shape index (κ1) is 18.0. The smallest absolute Gasteiger partial charge is 0.175 e. The van der Waals surface area contributed by atoms with E-state index >= 15 is 0 Å². The van der Waals surface area contributed by atoms with Gasteiger partial charge >= 0.3 is 0 Å². The molecule has 0 N–H and O–H groups in total. The molecule has 2 heterocycles. The number of nitrogens with zero attached hydrogens (tertiary/aromatic N) is 2. The molecule has 0 bridgehead atoms. The fourth-order valence-corrected chi connectivity index (χ4v) is 3.71. The van der Waals surface area contributed by atoms with Crippen LogP contribution in [0.2, 0.25) is 0 Å². The summed E-state index contributed by atoms with van der Waals surface area (Å²) in [5.74, 6) is 0. The Balaban J connectivity index is 1.71. The first-order valence-corrected chi connectivity index (χ1v) is 10.4. The Morgan fingerprint density at radius 2 is 1.96 bits per heavy atom. The van der Waals surface area contributed by atoms with Crippen LogP contribution >= 0.6 is 0 Å². The number of aromatic nitrogens is 1. The van der Waals surface area contributed by atoms with Gasteiger partial charge in [-0.15, -0.1) is 0 Å². The highest BCUT2D eigenvalue weighted by Gasteiger charge is 2.20. The number of benzene rings is 1. The number of ether oxygens (including phenoxy) is 1. The highest BCUT2D eigenvalue weighted by molar-refractivity contribution is 7.90. The van der Waals surface area contributed by atoms with Gasteiger partial charge in [0, 0.05) is 38.7 Å². The summed E-state index contributed by atoms with van der Waals surface area (Å²) >= 11 is 0. The SMILES string of the molecule is CS(=O)(=O)c1ccc(CN(Cc2ccccn2)C[C@@H]2CCCO2)cc1. The zero-order valence-electron chi connectivity index (χ0n) is 14.5. The van der Waals surface area contributed by atoms with Crippen LogP contribution in [-0.2, 0) is 27.7 Å². The summed E-state index contributed by atoms with van der Waals surface area (Å²) in [6, 6.07) is 13.1. The number of hydrogen-bond donors (Lipinski definition) is 0. The molecule has 3 rings (SSSR count). The van der Waals surface area contributed by atoms with Crippen molar-refractivity contribution in [1.82, 2.24) is 9.88 Å². The maximum atomic E-state index is 11.6. The van der Waals surface area contributed by atoms with Crippen LogP contribution in [0.1, 0.15) is 24.1 Å². The second-order valence-electron chi connectivity index (χ2n) is 6.54. The van der Waals surface area contributed by atoms with Gasteiger partial charge in [0.2, 0.25) is 0 Å². The van der Waals surface area contributed by atoms with E-state index in [4.69, 9.17) is 4.74 Å². The quantitative estimate of drug-likeness (QED) is 0.760. The van der Waals surface area contributed by atoms with Crippen molar-refractivity contribution in [3.63, 3.8) is 0 Å². The molecule has 25 heavy (non-hydrogen) atoms. The predicted octanol–water partition coefficient (Wildman–Crippen LogP) is 2.67. The van der Waals surface area contributed by atoms with E-state index < -0.39 is 9.84 Å². The van der Waals surface area contributed by atoms with E-state index in [0.29, 0.717) is 4.90 Å². The van der Waals surface area contributed by atoms with Gasteiger partial charge in [-0.1, -0.05) is 18.2 Å². The fraction of sp³-hybridized carbons (Fsp3) is 0.421. The predicted molar refractivity (Wildman–Crippen MR) is 96.9 cm³/mol. The second-order valence-corrected chi connectivity index (χ2v) is 8.56. The third kappa shape index (κ3) is 5.36. The topological polar surface area (TPSA) is 59.5 Å². The van der Waals surface area contributed by atoms with Crippen molar-refractivity contribution in [3.05, 3.63) is 59.9 Å². The van der Waals surface area contributed by atoms with Gasteiger partial charge in [-0.3, -0.25) is 9.88 Å². The molecule has 1 saturated heterocycles. The molecule has 1 fully saturated rings. The standard InChI is InChI=1S/C19H24N2O3S/c1-25(22,23)19-9-7-16(8-10-19)13-21(15-18-6-4-12-24-18)14-17-5-2-3-11-20-17/h2-3,5,7-11,18H,4,6,12-15H2,1H3/t18-/m0/s1. The van der Waals surface area contributed by atoms with E-state index in [2.05, 4.69) is 9.88 Å². The van der Waals surface area contributed by atoms with Crippen molar-refractivity contribution >= 4 is 9.84 Å². The number of pyridine rings is 1. The largest absolute Gasteiger partial charge is 0.377 e. The normalized spacial score (nSPS) is 17.9. The molecule has 1 aliphatic heterocycles. The first-order valence-electron chi connectivity index (χ1n) is 8.53. The fourth-order valence-electron chi connectivity index (χ4n) is 3.08. The molecule has 1 atom stereocenters. The van der Waals surface area contributed by atoms with Gasteiger partial charge in [-0.25, -0.2) is 8.42 Å². The van der Waals surface area contributed by atoms with E-state index in [1.165, 1.54) is 6.26 Å². The summed E-state index contributed by atoms with van der Waals surface area (Å²) in [4.78, 5) is 7.09. The molecule has 1 aromatic heterocycles. The molecule has 0 saturated carbocycles. The van der Waals surface area contributed by atoms with Gasteiger partial charge < -0.3 is 4.74 Å². The second kappa shape index (κ2) is 8.08. The number of sulfone groups is 1. The van der Waals surface area contributed by atoms with E-state index in [-0.39, 0.29) is 6.10 Å². The molecule has 134 valence electrons. The van der Waals surface area contributed by atoms with Gasteiger partial charge in [0.15, 0.2) is 9.84 Å². The first-order chi connectivity index (χ1) is 12.0. The molecule has 2 aromatic rings. The zero-order valence-corrected chi connectivity index (χ0v) is 15.3. The summed E-state index contributed by atoms with van der Waals surface area (Å²) in [6.45, 7) is 3.17. The Morgan fingerprint density at radius 3 is 2.56 bits per heavy atom. The lowest BCUT2D eigenvalue weighted by atomic mass is 10.1. The van der Waals surface area contributed by atoms with E-state index in [1.807, 2.05) is 30.3 Å². The Hall–Kier alpha value is -1.76. The molecular formula is C19H24N2O3S. The third-order valence-corrected chi connectivity index (χ3v) is 5.48. The van der Waals surface area contributed by atoms with E-state index in [9.17, 15) is 8.42 Å². The van der Waals surface area contributed by atoms with Gasteiger partial charge in [0.1, 0.15) is 0 Å². The lowest BCUT2D eigenvalue weighted by molar-refractivity contribution is 0.0675. The van der Waals surface area contributed by atoms with Gasteiger partial charge in [0.05, 0.1) is 16.7 Å². The molecule has 6 heteroatoms. The van der Waals surface area contributed by atoms with E-state index in [0.717, 1.165) is 50.3 Å². The molecular weight excluding hydrogens is 336 g/mol. The number of rotatable bonds is 7. The molecule has 1 aromatic carbocycles. The maximum absolute atomic E-state index is 11.6. The monoisotopic (exact) mass is 360 g/mol. The van der Waals surface area contributed by atoms with Gasteiger partial charge in [-0.05, 0) is 42.7 Å². The molecule has 1 aliphatic rings. The van der Waals surface area contributed by atoms with Crippen LogP contribution in [0, 0.1) is 0 Å². The van der Waals surface area contributed by atoms with Crippen LogP contribution in [0.5, 0.6) is 0 Å². The van der Waals surface area contributed by atoms with Crippen molar-refractivity contribution in [1.29, 1.82) is 0 Å². The van der Waals surface area contributed by atoms with Crippen LogP contribution in [0.4, 0.5) is 0 Å². The minimum Gasteiger partial charge on any atom is -0.377 e. The van der Waals surface area contributed by atoms with Gasteiger partial charge in [0.25, 0.3) is 0 Å². The Labute approximate surface area is 149 Å². The van der Waals surface area contributed by atoms with Crippen LogP contribution in [0.15, 0.2) is 53.6 Å². The molecule has 0 spiro atoms. The summed E-state index contributed by atoms with van der Waals surface area (Å²) in [7, 11) is -3.16. The zero-order chi connectivity index (χ0) is 17.7. The average molecular weight is 360 g/mol. The highest BCUT2D eigenvalue weighted by Crippen LogP contribution is 2.18. The summed E-state index contributed by atoms with van der Waals surface area (Å²) in [6.07, 6.45) is 5.50. The van der Waals surface area contributed by atoms with Crippen molar-refractivity contribution in [3.8, 4) is 0 Å². The van der Waals surface area contributed by atoms with E-state index in [1.54, 1.807) is 18.3 Å². The third-order valence-electron chi connectivity index (χ3n) is 4.36. The minimum absolute atomic E-state index is 0.263. The van der Waals surface area contributed by atoms with Crippen molar-refractivity contribution in [2.75, 3.05) is 19.4 Å². The maximum Gasteiger partial charge on any atom is 0.175 e. The Kier molecular flexibility index (Phi) is 5.83. The lowest BCUT2D eigenvalue weighted by Crippen LogP contribution is -2.31.